The minimum atomic E-state index is -1.93. The molecule has 1 heterocycles. The van der Waals surface area contributed by atoms with Crippen LogP contribution in [0.4, 0.5) is 0 Å². The van der Waals surface area contributed by atoms with Crippen LogP contribution < -0.4 is 5.32 Å². The van der Waals surface area contributed by atoms with Gasteiger partial charge >= 0.3 is 8.56 Å². The zero-order chi connectivity index (χ0) is 11.1. The van der Waals surface area contributed by atoms with E-state index in [-0.39, 0.29) is 0 Å². The number of hydrogen-bond donors (Lipinski definition) is 1. The van der Waals surface area contributed by atoms with Gasteiger partial charge in [0.2, 0.25) is 0 Å². The molecule has 0 bridgehead atoms. The van der Waals surface area contributed by atoms with Gasteiger partial charge in [-0.2, -0.15) is 0 Å². The Bertz CT molecular complexity index is 171. The monoisotopic (exact) mass is 232 g/mol. The minimum absolute atomic E-state index is 1.01. The van der Waals surface area contributed by atoms with Gasteiger partial charge in [0.05, 0.1) is 0 Å². The van der Waals surface area contributed by atoms with Gasteiger partial charge in [0, 0.05) is 46.6 Å². The van der Waals surface area contributed by atoms with Crippen LogP contribution in [0.3, 0.4) is 0 Å². The van der Waals surface area contributed by atoms with E-state index >= 15 is 0 Å². The van der Waals surface area contributed by atoms with Crippen molar-refractivity contribution in [1.82, 2.24) is 10.2 Å². The molecule has 1 N–H and O–H groups in total. The van der Waals surface area contributed by atoms with E-state index in [0.29, 0.717) is 0 Å². The molecule has 0 aromatic heterocycles. The lowest BCUT2D eigenvalue weighted by Gasteiger charge is -2.35. The molecule has 90 valence electrons. The molecule has 1 aliphatic heterocycles. The molecule has 0 aromatic carbocycles. The first-order valence-corrected chi connectivity index (χ1v) is 8.03. The fourth-order valence-electron chi connectivity index (χ4n) is 2.09. The smallest absolute Gasteiger partial charge is 0.352 e. The Morgan fingerprint density at radius 3 is 2.27 bits per heavy atom. The fourth-order valence-corrected chi connectivity index (χ4v) is 4.84. The highest BCUT2D eigenvalue weighted by Crippen LogP contribution is 2.16. The summed E-state index contributed by atoms with van der Waals surface area (Å²) in [5, 5.41) is 3.36. The Balaban J connectivity index is 2.47. The van der Waals surface area contributed by atoms with Crippen molar-refractivity contribution in [2.45, 2.75) is 19.4 Å². The average molecular weight is 232 g/mol. The molecule has 1 aliphatic rings. The molecule has 0 aromatic rings. The lowest BCUT2D eigenvalue weighted by Crippen LogP contribution is -2.55. The third-order valence-corrected chi connectivity index (χ3v) is 6.73. The first-order chi connectivity index (χ1) is 7.26. The van der Waals surface area contributed by atoms with Crippen molar-refractivity contribution >= 4 is 8.56 Å². The van der Waals surface area contributed by atoms with Gasteiger partial charge in [-0.25, -0.2) is 0 Å². The Labute approximate surface area is 94.2 Å². The maximum Gasteiger partial charge on any atom is 0.352 e. The van der Waals surface area contributed by atoms with E-state index in [1.165, 1.54) is 0 Å². The summed E-state index contributed by atoms with van der Waals surface area (Å²) >= 11 is 0. The number of hydrogen-bond acceptors (Lipinski definition) is 4. The minimum Gasteiger partial charge on any atom is -0.397 e. The fraction of sp³-hybridized carbons (Fsp3) is 1.00. The molecular formula is C10H24N2O2Si. The van der Waals surface area contributed by atoms with E-state index in [2.05, 4.69) is 17.1 Å². The van der Waals surface area contributed by atoms with Gasteiger partial charge in [-0.05, 0) is 6.04 Å². The SMILES string of the molecule is CCC[Si](CN1CCNCC1)(OC)OC. The van der Waals surface area contributed by atoms with Gasteiger partial charge in [0.25, 0.3) is 0 Å². The van der Waals surface area contributed by atoms with Gasteiger partial charge in [0.15, 0.2) is 0 Å². The molecule has 1 fully saturated rings. The standard InChI is InChI=1S/C10H24N2O2Si/c1-4-9-15(13-2,14-3)10-12-7-5-11-6-8-12/h11H,4-10H2,1-3H3. The molecule has 4 nitrogen and oxygen atoms in total. The summed E-state index contributed by atoms with van der Waals surface area (Å²) in [6.45, 7) is 6.60. The molecule has 0 spiro atoms. The maximum absolute atomic E-state index is 5.68. The molecule has 1 saturated heterocycles. The lowest BCUT2D eigenvalue weighted by atomic mass is 10.4. The second kappa shape index (κ2) is 6.60. The molecule has 5 heteroatoms. The third-order valence-electron chi connectivity index (χ3n) is 3.05. The lowest BCUT2D eigenvalue weighted by molar-refractivity contribution is 0.191. The van der Waals surface area contributed by atoms with Crippen LogP contribution in [-0.4, -0.2) is 60.0 Å². The average Bonchev–Trinajstić information content (AvgIpc) is 2.30. The van der Waals surface area contributed by atoms with E-state index in [4.69, 9.17) is 8.85 Å². The second-order valence-electron chi connectivity index (χ2n) is 4.10. The largest absolute Gasteiger partial charge is 0.397 e. The molecule has 0 atom stereocenters. The molecule has 0 unspecified atom stereocenters. The molecule has 0 aliphatic carbocycles. The Kier molecular flexibility index (Phi) is 5.77. The van der Waals surface area contributed by atoms with Crippen LogP contribution in [0, 0.1) is 0 Å². The van der Waals surface area contributed by atoms with Crippen molar-refractivity contribution in [3.63, 3.8) is 0 Å². The highest BCUT2D eigenvalue weighted by atomic mass is 28.4. The molecule has 15 heavy (non-hydrogen) atoms. The van der Waals surface area contributed by atoms with Gasteiger partial charge in [-0.1, -0.05) is 13.3 Å². The van der Waals surface area contributed by atoms with E-state index in [0.717, 1.165) is 44.8 Å². The van der Waals surface area contributed by atoms with Crippen LogP contribution in [0.2, 0.25) is 6.04 Å². The van der Waals surface area contributed by atoms with Crippen molar-refractivity contribution in [1.29, 1.82) is 0 Å². The molecule has 0 amide bonds. The van der Waals surface area contributed by atoms with Crippen LogP contribution in [-0.2, 0) is 8.85 Å². The summed E-state index contributed by atoms with van der Waals surface area (Å²) < 4.78 is 11.4. The number of nitrogens with one attached hydrogen (secondary N) is 1. The van der Waals surface area contributed by atoms with Crippen LogP contribution in [0.1, 0.15) is 13.3 Å². The first-order valence-electron chi connectivity index (χ1n) is 5.79. The third kappa shape index (κ3) is 3.84. The molecular weight excluding hydrogens is 208 g/mol. The highest BCUT2D eigenvalue weighted by Gasteiger charge is 2.36. The van der Waals surface area contributed by atoms with Crippen molar-refractivity contribution < 1.29 is 8.85 Å². The summed E-state index contributed by atoms with van der Waals surface area (Å²) in [6, 6.07) is 1.09. The zero-order valence-corrected chi connectivity index (χ0v) is 11.2. The predicted molar refractivity (Wildman–Crippen MR) is 64.2 cm³/mol. The van der Waals surface area contributed by atoms with Crippen LogP contribution in [0.25, 0.3) is 0 Å². The summed E-state index contributed by atoms with van der Waals surface area (Å²) in [7, 11) is 1.67. The normalized spacial score (nSPS) is 19.4. The van der Waals surface area contributed by atoms with Gasteiger partial charge in [-0.15, -0.1) is 0 Å². The number of rotatable bonds is 6. The quantitative estimate of drug-likeness (QED) is 0.679. The van der Waals surface area contributed by atoms with Gasteiger partial charge in [-0.3, -0.25) is 4.90 Å². The first kappa shape index (κ1) is 13.1. The Morgan fingerprint density at radius 2 is 1.80 bits per heavy atom. The summed E-state index contributed by atoms with van der Waals surface area (Å²) in [5.74, 6) is 0. The molecule has 0 radical (unpaired) electrons. The van der Waals surface area contributed by atoms with Crippen molar-refractivity contribution in [2.24, 2.45) is 0 Å². The van der Waals surface area contributed by atoms with Crippen molar-refractivity contribution in [2.75, 3.05) is 46.6 Å². The Morgan fingerprint density at radius 1 is 1.20 bits per heavy atom. The van der Waals surface area contributed by atoms with E-state index < -0.39 is 8.56 Å². The van der Waals surface area contributed by atoms with Crippen LogP contribution in [0.15, 0.2) is 0 Å². The van der Waals surface area contributed by atoms with Gasteiger partial charge < -0.3 is 14.2 Å². The predicted octanol–water partition coefficient (Wildman–Crippen LogP) is 0.576. The zero-order valence-electron chi connectivity index (χ0n) is 10.2. The topological polar surface area (TPSA) is 33.7 Å². The van der Waals surface area contributed by atoms with Crippen LogP contribution in [0.5, 0.6) is 0 Å². The van der Waals surface area contributed by atoms with E-state index in [1.54, 1.807) is 14.2 Å². The van der Waals surface area contributed by atoms with Crippen molar-refractivity contribution in [3.8, 4) is 0 Å². The van der Waals surface area contributed by atoms with Crippen molar-refractivity contribution in [3.05, 3.63) is 0 Å². The maximum atomic E-state index is 5.68. The molecule has 1 rings (SSSR count). The summed E-state index contributed by atoms with van der Waals surface area (Å²) in [6.07, 6.45) is 2.15. The summed E-state index contributed by atoms with van der Waals surface area (Å²) in [5.41, 5.74) is 0. The number of piperazine rings is 1. The Hall–Kier alpha value is 0.0569. The summed E-state index contributed by atoms with van der Waals surface area (Å²) in [4.78, 5) is 2.46. The van der Waals surface area contributed by atoms with Gasteiger partial charge in [0.1, 0.15) is 0 Å². The molecule has 0 saturated carbocycles. The van der Waals surface area contributed by atoms with Crippen LogP contribution >= 0.6 is 0 Å². The van der Waals surface area contributed by atoms with E-state index in [9.17, 15) is 0 Å². The number of nitrogens with zero attached hydrogens (tertiary/aromatic N) is 1. The second-order valence-corrected chi connectivity index (χ2v) is 7.55. The van der Waals surface area contributed by atoms with E-state index in [1.807, 2.05) is 0 Å². The highest BCUT2D eigenvalue weighted by molar-refractivity contribution is 6.67.